The zero-order valence-electron chi connectivity index (χ0n) is 13.1. The van der Waals surface area contributed by atoms with E-state index in [1.807, 2.05) is 24.3 Å². The number of imidazole rings is 1. The number of halogens is 1. The van der Waals surface area contributed by atoms with Crippen LogP contribution >= 0.6 is 11.6 Å². The maximum Gasteiger partial charge on any atom is 0.256 e. The van der Waals surface area contributed by atoms with Gasteiger partial charge in [-0.25, -0.2) is 4.98 Å². The van der Waals surface area contributed by atoms with Crippen LogP contribution in [-0.2, 0) is 13.5 Å². The highest BCUT2D eigenvalue weighted by atomic mass is 35.5. The van der Waals surface area contributed by atoms with Crippen molar-refractivity contribution in [3.63, 3.8) is 0 Å². The van der Waals surface area contributed by atoms with Crippen molar-refractivity contribution in [1.29, 1.82) is 0 Å². The lowest BCUT2D eigenvalue weighted by atomic mass is 10.2. The van der Waals surface area contributed by atoms with E-state index >= 15 is 0 Å². The van der Waals surface area contributed by atoms with Crippen LogP contribution in [-0.4, -0.2) is 32.2 Å². The van der Waals surface area contributed by atoms with Gasteiger partial charge in [-0.2, -0.15) is 5.10 Å². The second-order valence-corrected chi connectivity index (χ2v) is 5.79. The fraction of sp³-hybridized carbons (Fsp3) is 0.312. The highest BCUT2D eigenvalue weighted by molar-refractivity contribution is 6.33. The van der Waals surface area contributed by atoms with E-state index in [4.69, 9.17) is 11.6 Å². The number of para-hydroxylation sites is 2. The molecule has 0 saturated carbocycles. The van der Waals surface area contributed by atoms with Crippen LogP contribution in [0.1, 0.15) is 28.3 Å². The SMILES string of the molecule is Cc1nn(C)c(Cl)c1C(=O)NCCCc1nc2ccccc2[nH]1. The maximum absolute atomic E-state index is 12.2. The molecule has 23 heavy (non-hydrogen) atoms. The third kappa shape index (κ3) is 3.22. The first kappa shape index (κ1) is 15.6. The minimum atomic E-state index is -0.190. The highest BCUT2D eigenvalue weighted by Crippen LogP contribution is 2.18. The van der Waals surface area contributed by atoms with Gasteiger partial charge in [-0.1, -0.05) is 23.7 Å². The van der Waals surface area contributed by atoms with Crippen molar-refractivity contribution in [1.82, 2.24) is 25.1 Å². The lowest BCUT2D eigenvalue weighted by Gasteiger charge is -2.04. The number of benzene rings is 1. The molecule has 0 fully saturated rings. The summed E-state index contributed by atoms with van der Waals surface area (Å²) in [6.45, 7) is 2.33. The molecule has 0 aliphatic rings. The van der Waals surface area contributed by atoms with Gasteiger partial charge < -0.3 is 10.3 Å². The molecule has 6 nitrogen and oxygen atoms in total. The number of aromatic nitrogens is 4. The molecular weight excluding hydrogens is 314 g/mol. The minimum absolute atomic E-state index is 0.190. The Bertz CT molecular complexity index is 818. The van der Waals surface area contributed by atoms with Gasteiger partial charge in [0.05, 0.1) is 22.3 Å². The van der Waals surface area contributed by atoms with Gasteiger partial charge in [0.1, 0.15) is 11.0 Å². The molecule has 1 aromatic carbocycles. The third-order valence-corrected chi connectivity index (χ3v) is 4.13. The van der Waals surface area contributed by atoms with Crippen molar-refractivity contribution in [2.24, 2.45) is 7.05 Å². The molecule has 0 radical (unpaired) electrons. The number of aromatic amines is 1. The Morgan fingerprint density at radius 2 is 2.17 bits per heavy atom. The summed E-state index contributed by atoms with van der Waals surface area (Å²) in [7, 11) is 1.72. The first-order valence-electron chi connectivity index (χ1n) is 7.47. The molecule has 0 spiro atoms. The lowest BCUT2D eigenvalue weighted by Crippen LogP contribution is -2.25. The van der Waals surface area contributed by atoms with E-state index in [9.17, 15) is 4.79 Å². The van der Waals surface area contributed by atoms with Crippen molar-refractivity contribution < 1.29 is 4.79 Å². The molecule has 120 valence electrons. The van der Waals surface area contributed by atoms with Gasteiger partial charge in [-0.15, -0.1) is 0 Å². The van der Waals surface area contributed by atoms with E-state index in [2.05, 4.69) is 20.4 Å². The van der Waals surface area contributed by atoms with Gasteiger partial charge in [-0.3, -0.25) is 9.48 Å². The number of aryl methyl sites for hydroxylation is 3. The second-order valence-electron chi connectivity index (χ2n) is 5.43. The second kappa shape index (κ2) is 6.42. The van der Waals surface area contributed by atoms with Crippen LogP contribution in [0.25, 0.3) is 11.0 Å². The van der Waals surface area contributed by atoms with E-state index < -0.39 is 0 Å². The summed E-state index contributed by atoms with van der Waals surface area (Å²) in [6.07, 6.45) is 1.57. The maximum atomic E-state index is 12.2. The smallest absolute Gasteiger partial charge is 0.256 e. The normalized spacial score (nSPS) is 11.1. The molecule has 0 unspecified atom stereocenters. The largest absolute Gasteiger partial charge is 0.352 e. The Kier molecular flexibility index (Phi) is 4.34. The number of nitrogens with one attached hydrogen (secondary N) is 2. The quantitative estimate of drug-likeness (QED) is 0.706. The molecule has 2 N–H and O–H groups in total. The van der Waals surface area contributed by atoms with Crippen molar-refractivity contribution in [3.8, 4) is 0 Å². The number of carbonyl (C=O) groups excluding carboxylic acids is 1. The van der Waals surface area contributed by atoms with Crippen LogP contribution in [0.3, 0.4) is 0 Å². The molecule has 0 aliphatic heterocycles. The molecule has 0 aliphatic carbocycles. The standard InChI is InChI=1S/C16H18ClN5O/c1-10-14(15(17)22(2)21-10)16(23)18-9-5-8-13-19-11-6-3-4-7-12(11)20-13/h3-4,6-7H,5,8-9H2,1-2H3,(H,18,23)(H,19,20). The van der Waals surface area contributed by atoms with Crippen molar-refractivity contribution in [2.45, 2.75) is 19.8 Å². The van der Waals surface area contributed by atoms with Crippen LogP contribution in [0, 0.1) is 6.92 Å². The van der Waals surface area contributed by atoms with Gasteiger partial charge in [-0.05, 0) is 25.5 Å². The van der Waals surface area contributed by atoms with Crippen LogP contribution in [0.4, 0.5) is 0 Å². The third-order valence-electron chi connectivity index (χ3n) is 3.69. The number of hydrogen-bond acceptors (Lipinski definition) is 3. The van der Waals surface area contributed by atoms with E-state index in [1.54, 1.807) is 14.0 Å². The average Bonchev–Trinajstić information content (AvgIpc) is 3.04. The van der Waals surface area contributed by atoms with Crippen LogP contribution < -0.4 is 5.32 Å². The molecule has 0 bridgehead atoms. The average molecular weight is 332 g/mol. The molecule has 0 atom stereocenters. The fourth-order valence-corrected chi connectivity index (χ4v) is 2.82. The van der Waals surface area contributed by atoms with Gasteiger partial charge in [0, 0.05) is 20.0 Å². The van der Waals surface area contributed by atoms with Crippen LogP contribution in [0.5, 0.6) is 0 Å². The molecule has 7 heteroatoms. The Hall–Kier alpha value is -2.34. The molecule has 2 heterocycles. The number of rotatable bonds is 5. The molecule has 2 aromatic heterocycles. The number of fused-ring (bicyclic) bond motifs is 1. The summed E-state index contributed by atoms with van der Waals surface area (Å²) >= 11 is 6.09. The van der Waals surface area contributed by atoms with Gasteiger partial charge >= 0.3 is 0 Å². The minimum Gasteiger partial charge on any atom is -0.352 e. The molecule has 0 saturated heterocycles. The van der Waals surface area contributed by atoms with Crippen molar-refractivity contribution in [3.05, 3.63) is 46.5 Å². The Morgan fingerprint density at radius 1 is 1.39 bits per heavy atom. The summed E-state index contributed by atoms with van der Waals surface area (Å²) in [4.78, 5) is 20.0. The fourth-order valence-electron chi connectivity index (χ4n) is 2.56. The molecule has 3 aromatic rings. The topological polar surface area (TPSA) is 75.6 Å². The number of nitrogens with zero attached hydrogens (tertiary/aromatic N) is 3. The molecular formula is C16H18ClN5O. The van der Waals surface area contributed by atoms with Crippen molar-refractivity contribution in [2.75, 3.05) is 6.54 Å². The Balaban J connectivity index is 1.54. The highest BCUT2D eigenvalue weighted by Gasteiger charge is 2.18. The van der Waals surface area contributed by atoms with Crippen LogP contribution in [0.15, 0.2) is 24.3 Å². The van der Waals surface area contributed by atoms with Gasteiger partial charge in [0.15, 0.2) is 0 Å². The summed E-state index contributed by atoms with van der Waals surface area (Å²) in [6, 6.07) is 7.92. The molecule has 3 rings (SSSR count). The number of carbonyl (C=O) groups is 1. The number of hydrogen-bond donors (Lipinski definition) is 2. The summed E-state index contributed by atoms with van der Waals surface area (Å²) in [5.74, 6) is 0.737. The van der Waals surface area contributed by atoms with Gasteiger partial charge in [0.25, 0.3) is 5.91 Å². The van der Waals surface area contributed by atoms with E-state index in [0.29, 0.717) is 23.0 Å². The predicted octanol–water partition coefficient (Wildman–Crippen LogP) is 2.62. The zero-order valence-corrected chi connectivity index (χ0v) is 13.8. The summed E-state index contributed by atoms with van der Waals surface area (Å²) < 4.78 is 1.50. The Morgan fingerprint density at radius 3 is 2.87 bits per heavy atom. The lowest BCUT2D eigenvalue weighted by molar-refractivity contribution is 0.0952. The van der Waals surface area contributed by atoms with E-state index in [-0.39, 0.29) is 5.91 Å². The summed E-state index contributed by atoms with van der Waals surface area (Å²) in [5.41, 5.74) is 3.07. The monoisotopic (exact) mass is 331 g/mol. The van der Waals surface area contributed by atoms with E-state index in [0.717, 1.165) is 29.7 Å². The predicted molar refractivity (Wildman–Crippen MR) is 89.7 cm³/mol. The number of amides is 1. The van der Waals surface area contributed by atoms with Crippen LogP contribution in [0.2, 0.25) is 5.15 Å². The Labute approximate surface area is 138 Å². The van der Waals surface area contributed by atoms with Crippen molar-refractivity contribution >= 4 is 28.5 Å². The summed E-state index contributed by atoms with van der Waals surface area (Å²) in [5, 5.41) is 7.38. The number of H-pyrrole nitrogens is 1. The van der Waals surface area contributed by atoms with Gasteiger partial charge in [0.2, 0.25) is 0 Å². The first-order valence-corrected chi connectivity index (χ1v) is 7.85. The zero-order chi connectivity index (χ0) is 16.4. The van der Waals surface area contributed by atoms with E-state index in [1.165, 1.54) is 4.68 Å². The molecule has 1 amide bonds. The first-order chi connectivity index (χ1) is 11.1.